The van der Waals surface area contributed by atoms with E-state index in [4.69, 9.17) is 16.3 Å². The standard InChI is InChI=1S/C24H20ClN7O2/c25-19-3-1-2-4-20(19)32-22(33)18-15-27-23(29-21(18)31-10-9-26-24(31)32)28-16-5-7-17(8-6-16)30-11-13-34-14-12-30/h1-10,15H,11-14H2,(H,27,28,29). The number of hydrogen-bond donors (Lipinski definition) is 1. The Balaban J connectivity index is 1.38. The second-order valence-corrected chi connectivity index (χ2v) is 8.30. The zero-order chi connectivity index (χ0) is 23.1. The van der Waals surface area contributed by atoms with E-state index >= 15 is 0 Å². The summed E-state index contributed by atoms with van der Waals surface area (Å²) in [6.45, 7) is 3.25. The first-order valence-electron chi connectivity index (χ1n) is 10.9. The molecule has 0 atom stereocenters. The van der Waals surface area contributed by atoms with Gasteiger partial charge in [-0.15, -0.1) is 0 Å². The van der Waals surface area contributed by atoms with Gasteiger partial charge in [0.15, 0.2) is 5.65 Å². The highest BCUT2D eigenvalue weighted by molar-refractivity contribution is 6.32. The lowest BCUT2D eigenvalue weighted by molar-refractivity contribution is 0.122. The summed E-state index contributed by atoms with van der Waals surface area (Å²) in [5.41, 5.74) is 2.72. The normalized spacial score (nSPS) is 14.1. The molecule has 0 spiro atoms. The molecule has 1 aliphatic heterocycles. The van der Waals surface area contributed by atoms with Gasteiger partial charge in [0.25, 0.3) is 5.56 Å². The third-order valence-electron chi connectivity index (χ3n) is 5.84. The lowest BCUT2D eigenvalue weighted by atomic mass is 10.2. The molecular formula is C24H20ClN7O2. The topological polar surface area (TPSA) is 89.6 Å². The third-order valence-corrected chi connectivity index (χ3v) is 6.16. The molecule has 0 radical (unpaired) electrons. The summed E-state index contributed by atoms with van der Waals surface area (Å²) >= 11 is 6.38. The molecule has 9 nitrogen and oxygen atoms in total. The first-order chi connectivity index (χ1) is 16.7. The monoisotopic (exact) mass is 473 g/mol. The SMILES string of the molecule is O=c1c2cnc(Nc3ccc(N4CCOCC4)cc3)nc2n2ccnc2n1-c1ccccc1Cl. The molecule has 0 saturated carbocycles. The highest BCUT2D eigenvalue weighted by atomic mass is 35.5. The van der Waals surface area contributed by atoms with Gasteiger partial charge in [-0.2, -0.15) is 4.98 Å². The van der Waals surface area contributed by atoms with Crippen LogP contribution in [0.1, 0.15) is 0 Å². The van der Waals surface area contributed by atoms with Crippen LogP contribution in [0.15, 0.2) is 71.9 Å². The molecule has 5 aromatic rings. The number of halogens is 1. The van der Waals surface area contributed by atoms with Crippen LogP contribution in [0.2, 0.25) is 5.02 Å². The highest BCUT2D eigenvalue weighted by Gasteiger charge is 2.17. The van der Waals surface area contributed by atoms with Crippen LogP contribution >= 0.6 is 11.6 Å². The Morgan fingerprint density at radius 1 is 1.00 bits per heavy atom. The van der Waals surface area contributed by atoms with E-state index in [0.29, 0.717) is 33.5 Å². The molecule has 0 amide bonds. The number of benzene rings is 2. The zero-order valence-electron chi connectivity index (χ0n) is 18.1. The number of anilines is 3. The van der Waals surface area contributed by atoms with Crippen molar-refractivity contribution >= 4 is 45.7 Å². The van der Waals surface area contributed by atoms with Crippen LogP contribution in [0, 0.1) is 0 Å². The van der Waals surface area contributed by atoms with Crippen LogP contribution < -0.4 is 15.8 Å². The fourth-order valence-electron chi connectivity index (χ4n) is 4.16. The number of para-hydroxylation sites is 1. The van der Waals surface area contributed by atoms with Gasteiger partial charge < -0.3 is 15.0 Å². The van der Waals surface area contributed by atoms with E-state index in [-0.39, 0.29) is 5.56 Å². The summed E-state index contributed by atoms with van der Waals surface area (Å²) in [6, 6.07) is 15.2. The maximum absolute atomic E-state index is 13.4. The number of fused-ring (bicyclic) bond motifs is 3. The van der Waals surface area contributed by atoms with Crippen LogP contribution in [0.5, 0.6) is 0 Å². The molecule has 6 rings (SSSR count). The Labute approximate surface area is 199 Å². The van der Waals surface area contributed by atoms with E-state index in [1.807, 2.05) is 24.3 Å². The predicted molar refractivity (Wildman–Crippen MR) is 132 cm³/mol. The van der Waals surface area contributed by atoms with Crippen molar-refractivity contribution in [3.8, 4) is 5.69 Å². The van der Waals surface area contributed by atoms with Crippen LogP contribution in [-0.4, -0.2) is 50.2 Å². The van der Waals surface area contributed by atoms with Crippen molar-refractivity contribution in [2.75, 3.05) is 36.5 Å². The summed E-state index contributed by atoms with van der Waals surface area (Å²) in [7, 11) is 0. The predicted octanol–water partition coefficient (Wildman–Crippen LogP) is 3.66. The van der Waals surface area contributed by atoms with Gasteiger partial charge in [0.05, 0.1) is 23.9 Å². The number of nitrogens with one attached hydrogen (secondary N) is 1. The second-order valence-electron chi connectivity index (χ2n) is 7.89. The number of hydrogen-bond acceptors (Lipinski definition) is 7. The van der Waals surface area contributed by atoms with Gasteiger partial charge in [-0.1, -0.05) is 23.7 Å². The molecule has 1 aliphatic rings. The molecule has 4 heterocycles. The van der Waals surface area contributed by atoms with Crippen LogP contribution in [0.3, 0.4) is 0 Å². The number of nitrogens with zero attached hydrogens (tertiary/aromatic N) is 6. The summed E-state index contributed by atoms with van der Waals surface area (Å²) in [4.78, 5) is 29.1. The van der Waals surface area contributed by atoms with Gasteiger partial charge in [0.1, 0.15) is 5.39 Å². The van der Waals surface area contributed by atoms with Crippen LogP contribution in [0.25, 0.3) is 22.5 Å². The highest BCUT2D eigenvalue weighted by Crippen LogP contribution is 2.24. The van der Waals surface area contributed by atoms with Gasteiger partial charge in [0.2, 0.25) is 11.7 Å². The molecule has 170 valence electrons. The maximum atomic E-state index is 13.4. The van der Waals surface area contributed by atoms with Crippen molar-refractivity contribution in [3.63, 3.8) is 0 Å². The van der Waals surface area contributed by atoms with Crippen molar-refractivity contribution < 1.29 is 4.74 Å². The minimum Gasteiger partial charge on any atom is -0.378 e. The fourth-order valence-corrected chi connectivity index (χ4v) is 4.38. The Bertz CT molecular complexity index is 1560. The Kier molecular flexibility index (Phi) is 5.12. The van der Waals surface area contributed by atoms with E-state index < -0.39 is 0 Å². The number of aromatic nitrogens is 5. The molecule has 0 bridgehead atoms. The Hall–Kier alpha value is -3.95. The summed E-state index contributed by atoms with van der Waals surface area (Å²) < 4.78 is 8.66. The average Bonchev–Trinajstić information content (AvgIpc) is 3.36. The fraction of sp³-hybridized carbons (Fsp3) is 0.167. The van der Waals surface area contributed by atoms with E-state index in [0.717, 1.165) is 37.7 Å². The lowest BCUT2D eigenvalue weighted by Gasteiger charge is -2.28. The molecular weight excluding hydrogens is 454 g/mol. The molecule has 2 aromatic carbocycles. The molecule has 0 unspecified atom stereocenters. The summed E-state index contributed by atoms with van der Waals surface area (Å²) in [5.74, 6) is 0.807. The minimum atomic E-state index is -0.289. The average molecular weight is 474 g/mol. The maximum Gasteiger partial charge on any atom is 0.270 e. The zero-order valence-corrected chi connectivity index (χ0v) is 18.8. The minimum absolute atomic E-state index is 0.289. The number of ether oxygens (including phenoxy) is 1. The van der Waals surface area contributed by atoms with Crippen molar-refractivity contribution in [1.82, 2.24) is 23.9 Å². The van der Waals surface area contributed by atoms with Gasteiger partial charge in [-0.3, -0.25) is 9.20 Å². The van der Waals surface area contributed by atoms with Gasteiger partial charge in [-0.05, 0) is 36.4 Å². The van der Waals surface area contributed by atoms with E-state index in [1.165, 1.54) is 10.8 Å². The molecule has 1 saturated heterocycles. The number of rotatable bonds is 4. The lowest BCUT2D eigenvalue weighted by Crippen LogP contribution is -2.36. The molecule has 34 heavy (non-hydrogen) atoms. The van der Waals surface area contributed by atoms with E-state index in [1.54, 1.807) is 28.9 Å². The number of imidazole rings is 1. The quantitative estimate of drug-likeness (QED) is 0.426. The van der Waals surface area contributed by atoms with Crippen LogP contribution in [-0.2, 0) is 4.74 Å². The van der Waals surface area contributed by atoms with Crippen molar-refractivity contribution in [2.24, 2.45) is 0 Å². The van der Waals surface area contributed by atoms with Crippen molar-refractivity contribution in [3.05, 3.63) is 82.5 Å². The second kappa shape index (κ2) is 8.44. The Morgan fingerprint density at radius 3 is 2.59 bits per heavy atom. The largest absolute Gasteiger partial charge is 0.378 e. The third kappa shape index (κ3) is 3.55. The smallest absolute Gasteiger partial charge is 0.270 e. The first-order valence-corrected chi connectivity index (χ1v) is 11.3. The summed E-state index contributed by atoms with van der Waals surface area (Å²) in [6.07, 6.45) is 4.92. The number of morpholine rings is 1. The molecule has 3 aromatic heterocycles. The first kappa shape index (κ1) is 20.6. The van der Waals surface area contributed by atoms with Crippen molar-refractivity contribution in [1.29, 1.82) is 0 Å². The van der Waals surface area contributed by atoms with Gasteiger partial charge >= 0.3 is 0 Å². The molecule has 10 heteroatoms. The van der Waals surface area contributed by atoms with Gasteiger partial charge in [-0.25, -0.2) is 14.5 Å². The summed E-state index contributed by atoms with van der Waals surface area (Å²) in [5, 5.41) is 4.04. The Morgan fingerprint density at radius 2 is 1.79 bits per heavy atom. The molecule has 1 fully saturated rings. The van der Waals surface area contributed by atoms with Gasteiger partial charge in [0, 0.05) is 43.1 Å². The van der Waals surface area contributed by atoms with E-state index in [2.05, 4.69) is 37.3 Å². The van der Waals surface area contributed by atoms with E-state index in [9.17, 15) is 4.79 Å². The molecule has 1 N–H and O–H groups in total. The van der Waals surface area contributed by atoms with Crippen molar-refractivity contribution in [2.45, 2.75) is 0 Å². The van der Waals surface area contributed by atoms with Crippen LogP contribution in [0.4, 0.5) is 17.3 Å². The molecule has 0 aliphatic carbocycles.